The minimum absolute atomic E-state index is 0.0882. The van der Waals surface area contributed by atoms with E-state index in [4.69, 9.17) is 24.3 Å². The molecule has 14 heteroatoms. The van der Waals surface area contributed by atoms with Gasteiger partial charge in [0.15, 0.2) is 0 Å². The molecule has 6 atom stereocenters. The Balaban J connectivity index is 2.18. The molecule has 0 aliphatic carbocycles. The van der Waals surface area contributed by atoms with E-state index in [0.29, 0.717) is 0 Å². The summed E-state index contributed by atoms with van der Waals surface area (Å²) in [7, 11) is -4.21. The molecule has 1 aliphatic heterocycles. The van der Waals surface area contributed by atoms with Gasteiger partial charge < -0.3 is 30.2 Å². The number of esters is 1. The number of nitrogens with one attached hydrogen (secondary N) is 2. The summed E-state index contributed by atoms with van der Waals surface area (Å²) in [4.78, 5) is 26.0. The van der Waals surface area contributed by atoms with Gasteiger partial charge in [-0.2, -0.15) is 15.3 Å². The SMILES string of the molecule is CC(C)OC(=O)[C@H](C)NP(=O)(OC[C@H]1O[C@@H](N/C=C\C(N)=N/C=O)[C@](C)(C#N)[C@@H]1O)Oc1ccccc1. The van der Waals surface area contributed by atoms with E-state index in [1.807, 2.05) is 6.07 Å². The molecule has 5 N–H and O–H groups in total. The maximum Gasteiger partial charge on any atom is 0.459 e. The normalized spacial score (nSPS) is 26.3. The van der Waals surface area contributed by atoms with E-state index in [1.165, 1.54) is 26.1 Å². The molecular formula is C23H32N5O8P. The molecule has 1 aromatic rings. The zero-order chi connectivity index (χ0) is 27.6. The molecule has 1 fully saturated rings. The van der Waals surface area contributed by atoms with Crippen molar-refractivity contribution in [2.24, 2.45) is 16.1 Å². The number of benzene rings is 1. The minimum atomic E-state index is -4.21. The lowest BCUT2D eigenvalue weighted by molar-refractivity contribution is -0.149. The Hall–Kier alpha value is -3.27. The third kappa shape index (κ3) is 8.38. The Labute approximate surface area is 215 Å². The van der Waals surface area contributed by atoms with Crippen molar-refractivity contribution in [2.75, 3.05) is 6.61 Å². The summed E-state index contributed by atoms with van der Waals surface area (Å²) in [5.74, 6) is -0.551. The second-order valence-electron chi connectivity index (χ2n) is 8.59. The van der Waals surface area contributed by atoms with Crippen molar-refractivity contribution in [2.45, 2.75) is 58.3 Å². The highest BCUT2D eigenvalue weighted by atomic mass is 31.2. The van der Waals surface area contributed by atoms with Crippen molar-refractivity contribution in [1.82, 2.24) is 10.4 Å². The number of carbonyl (C=O) groups is 2. The summed E-state index contributed by atoms with van der Waals surface area (Å²) in [6.07, 6.45) is -1.03. The first-order valence-corrected chi connectivity index (χ1v) is 12.9. The Kier molecular flexibility index (Phi) is 10.8. The number of nitrogens with two attached hydrogens (primary N) is 1. The van der Waals surface area contributed by atoms with Crippen molar-refractivity contribution in [1.29, 1.82) is 5.26 Å². The second kappa shape index (κ2) is 13.3. The van der Waals surface area contributed by atoms with Crippen LogP contribution in [0.4, 0.5) is 0 Å². The highest BCUT2D eigenvalue weighted by Crippen LogP contribution is 2.46. The van der Waals surface area contributed by atoms with Crippen LogP contribution in [-0.2, 0) is 28.2 Å². The fourth-order valence-electron chi connectivity index (χ4n) is 3.23. The van der Waals surface area contributed by atoms with Crippen LogP contribution in [0, 0.1) is 16.7 Å². The number of aliphatic hydroxyl groups is 1. The van der Waals surface area contributed by atoms with Crippen molar-refractivity contribution < 1.29 is 37.8 Å². The molecule has 202 valence electrons. The van der Waals surface area contributed by atoms with Crippen LogP contribution in [0.2, 0.25) is 0 Å². The summed E-state index contributed by atoms with van der Waals surface area (Å²) >= 11 is 0. The first-order chi connectivity index (χ1) is 17.4. The highest BCUT2D eigenvalue weighted by Gasteiger charge is 2.54. The van der Waals surface area contributed by atoms with Crippen LogP contribution in [0.15, 0.2) is 47.6 Å². The molecule has 1 saturated heterocycles. The average molecular weight is 538 g/mol. The van der Waals surface area contributed by atoms with Crippen LogP contribution in [0.3, 0.4) is 0 Å². The number of amidine groups is 1. The van der Waals surface area contributed by atoms with Crippen molar-refractivity contribution in [3.8, 4) is 11.8 Å². The standard InChI is InChI=1S/C23H32N5O8P/c1-15(2)34-21(31)16(3)28-37(32,36-17-8-6-5-7-9-17)33-12-18-20(30)23(4,13-24)22(35-18)26-11-10-19(25)27-14-29/h5-11,14-16,18,20,22,26,30H,12H2,1-4H3,(H,28,32)(H2,25,27,29)/b11-10-/t16-,18+,20+,22+,23+,37?/m0/s1. The predicted molar refractivity (Wildman–Crippen MR) is 133 cm³/mol. The number of nitriles is 1. The molecule has 1 aliphatic rings. The zero-order valence-corrected chi connectivity index (χ0v) is 21.8. The van der Waals surface area contributed by atoms with Crippen LogP contribution < -0.4 is 20.7 Å². The highest BCUT2D eigenvalue weighted by molar-refractivity contribution is 7.52. The molecule has 2 rings (SSSR count). The van der Waals surface area contributed by atoms with E-state index >= 15 is 0 Å². The van der Waals surface area contributed by atoms with Crippen LogP contribution in [-0.4, -0.2) is 60.5 Å². The van der Waals surface area contributed by atoms with Gasteiger partial charge in [-0.3, -0.25) is 14.1 Å². The van der Waals surface area contributed by atoms with Crippen LogP contribution >= 0.6 is 7.75 Å². The molecule has 0 aromatic heterocycles. The van der Waals surface area contributed by atoms with Gasteiger partial charge in [0.05, 0.1) is 18.8 Å². The number of aliphatic hydroxyl groups excluding tert-OH is 1. The monoisotopic (exact) mass is 537 g/mol. The lowest BCUT2D eigenvalue weighted by Crippen LogP contribution is -2.43. The van der Waals surface area contributed by atoms with E-state index in [-0.39, 0.29) is 18.0 Å². The number of rotatable bonds is 13. The van der Waals surface area contributed by atoms with Gasteiger partial charge in [-0.05, 0) is 45.9 Å². The van der Waals surface area contributed by atoms with Gasteiger partial charge in [-0.15, -0.1) is 0 Å². The molecule has 1 aromatic carbocycles. The van der Waals surface area contributed by atoms with E-state index in [9.17, 15) is 24.5 Å². The first-order valence-electron chi connectivity index (χ1n) is 11.4. The summed E-state index contributed by atoms with van der Waals surface area (Å²) < 4.78 is 35.7. The lowest BCUT2D eigenvalue weighted by atomic mass is 9.84. The summed E-state index contributed by atoms with van der Waals surface area (Å²) in [6.45, 7) is 5.80. The molecule has 1 amide bonds. The van der Waals surface area contributed by atoms with E-state index in [0.717, 1.165) is 0 Å². The Morgan fingerprint density at radius 2 is 2.05 bits per heavy atom. The Bertz CT molecular complexity index is 1080. The molecule has 13 nitrogen and oxygen atoms in total. The number of amides is 1. The number of carbonyl (C=O) groups excluding carboxylic acids is 2. The van der Waals surface area contributed by atoms with Crippen molar-refractivity contribution >= 4 is 26.0 Å². The average Bonchev–Trinajstić information content (AvgIpc) is 3.08. The third-order valence-corrected chi connectivity index (χ3v) is 6.84. The van der Waals surface area contributed by atoms with Gasteiger partial charge in [-0.25, -0.2) is 4.57 Å². The fraction of sp³-hybridized carbons (Fsp3) is 0.478. The molecule has 0 radical (unpaired) electrons. The maximum atomic E-state index is 13.6. The van der Waals surface area contributed by atoms with Gasteiger partial charge >= 0.3 is 13.7 Å². The molecule has 37 heavy (non-hydrogen) atoms. The lowest BCUT2D eigenvalue weighted by Gasteiger charge is -2.26. The van der Waals surface area contributed by atoms with Gasteiger partial charge in [0.2, 0.25) is 6.41 Å². The first kappa shape index (κ1) is 30.0. The Morgan fingerprint density at radius 3 is 2.65 bits per heavy atom. The number of aliphatic imine (C=N–C) groups is 1. The third-order valence-electron chi connectivity index (χ3n) is 5.20. The molecule has 1 heterocycles. The number of hydrogen-bond donors (Lipinski definition) is 4. The second-order valence-corrected chi connectivity index (χ2v) is 10.3. The van der Waals surface area contributed by atoms with E-state index in [1.54, 1.807) is 44.2 Å². The van der Waals surface area contributed by atoms with Crippen molar-refractivity contribution in [3.63, 3.8) is 0 Å². The summed E-state index contributed by atoms with van der Waals surface area (Å²) in [6, 6.07) is 9.11. The smallest absolute Gasteiger partial charge is 0.459 e. The summed E-state index contributed by atoms with van der Waals surface area (Å²) in [5.41, 5.74) is 4.06. The van der Waals surface area contributed by atoms with Crippen molar-refractivity contribution in [3.05, 3.63) is 42.6 Å². The van der Waals surface area contributed by atoms with Crippen LogP contribution in [0.25, 0.3) is 0 Å². The van der Waals surface area contributed by atoms with Gasteiger partial charge in [0.25, 0.3) is 0 Å². The number of ether oxygens (including phenoxy) is 2. The van der Waals surface area contributed by atoms with Gasteiger partial charge in [-0.1, -0.05) is 18.2 Å². The number of hydrogen-bond acceptors (Lipinski definition) is 10. The topological polar surface area (TPSA) is 195 Å². The van der Waals surface area contributed by atoms with E-state index < -0.39 is 56.3 Å². The number of para-hydroxylation sites is 1. The summed E-state index contributed by atoms with van der Waals surface area (Å²) in [5, 5.41) is 25.9. The van der Waals surface area contributed by atoms with Gasteiger partial charge in [0.1, 0.15) is 41.5 Å². The maximum absolute atomic E-state index is 13.6. The molecule has 1 unspecified atom stereocenters. The van der Waals surface area contributed by atoms with Crippen LogP contribution in [0.5, 0.6) is 5.75 Å². The minimum Gasteiger partial charge on any atom is -0.462 e. The fourth-order valence-corrected chi connectivity index (χ4v) is 4.73. The quantitative estimate of drug-likeness (QED) is 0.0929. The largest absolute Gasteiger partial charge is 0.462 e. The van der Waals surface area contributed by atoms with Crippen LogP contribution in [0.1, 0.15) is 27.7 Å². The molecular weight excluding hydrogens is 505 g/mol. The predicted octanol–water partition coefficient (Wildman–Crippen LogP) is 1.35. The molecule has 0 spiro atoms. The number of nitrogens with zero attached hydrogens (tertiary/aromatic N) is 2. The zero-order valence-electron chi connectivity index (χ0n) is 20.9. The Morgan fingerprint density at radius 1 is 1.38 bits per heavy atom. The van der Waals surface area contributed by atoms with Gasteiger partial charge in [0, 0.05) is 6.20 Å². The molecule has 0 bridgehead atoms. The molecule has 0 saturated carbocycles. The van der Waals surface area contributed by atoms with E-state index in [2.05, 4.69) is 15.4 Å².